The van der Waals surface area contributed by atoms with Gasteiger partial charge < -0.3 is 4.74 Å². The second kappa shape index (κ2) is 4.32. The number of carbonyl (C=O) groups excluding carboxylic acids is 1. The molecule has 2 nitrogen and oxygen atoms in total. The number of ether oxygens (including phenoxy) is 1. The van der Waals surface area contributed by atoms with E-state index >= 15 is 0 Å². The van der Waals surface area contributed by atoms with E-state index < -0.39 is 5.60 Å². The summed E-state index contributed by atoms with van der Waals surface area (Å²) in [5.74, 6) is 1.10. The van der Waals surface area contributed by atoms with Crippen LogP contribution in [0.2, 0.25) is 0 Å². The molecule has 2 aliphatic rings. The topological polar surface area (TPSA) is 26.3 Å². The SMILES string of the molecule is CCC1=CC2C(=CC(=O)OC(C)(C)C)CC2C1. The monoisotopic (exact) mass is 234 g/mol. The zero-order valence-electron chi connectivity index (χ0n) is 11.2. The van der Waals surface area contributed by atoms with Crippen molar-refractivity contribution < 1.29 is 9.53 Å². The number of rotatable bonds is 2. The molecule has 0 aromatic rings. The number of carbonyl (C=O) groups is 1. The molecule has 2 unspecified atom stereocenters. The molecule has 0 spiro atoms. The molecular formula is C15H22O2. The van der Waals surface area contributed by atoms with Gasteiger partial charge in [0.25, 0.3) is 0 Å². The third-order valence-electron chi connectivity index (χ3n) is 3.54. The van der Waals surface area contributed by atoms with Crippen LogP contribution < -0.4 is 0 Å². The summed E-state index contributed by atoms with van der Waals surface area (Å²) in [5.41, 5.74) is 2.41. The fourth-order valence-electron chi connectivity index (χ4n) is 2.71. The number of hydrogen-bond donors (Lipinski definition) is 0. The second-order valence-corrected chi connectivity index (χ2v) is 6.13. The Bertz CT molecular complexity index is 382. The van der Waals surface area contributed by atoms with Crippen LogP contribution >= 0.6 is 0 Å². The molecule has 0 N–H and O–H groups in total. The van der Waals surface area contributed by atoms with Crippen LogP contribution in [-0.4, -0.2) is 11.6 Å². The molecule has 0 aromatic carbocycles. The molecule has 1 saturated carbocycles. The first-order valence-electron chi connectivity index (χ1n) is 6.52. The van der Waals surface area contributed by atoms with E-state index in [0.717, 1.165) is 18.8 Å². The molecule has 0 radical (unpaired) electrons. The van der Waals surface area contributed by atoms with Crippen LogP contribution in [0.4, 0.5) is 0 Å². The number of fused-ring (bicyclic) bond motifs is 1. The Hall–Kier alpha value is -1.05. The van der Waals surface area contributed by atoms with Gasteiger partial charge in [-0.05, 0) is 46.0 Å². The molecule has 0 bridgehead atoms. The lowest BCUT2D eigenvalue weighted by Crippen LogP contribution is -2.27. The van der Waals surface area contributed by atoms with Crippen molar-refractivity contribution in [2.24, 2.45) is 11.8 Å². The number of allylic oxidation sites excluding steroid dienone is 3. The molecule has 1 fully saturated rings. The van der Waals surface area contributed by atoms with E-state index in [2.05, 4.69) is 13.0 Å². The Morgan fingerprint density at radius 3 is 2.76 bits per heavy atom. The molecule has 2 heteroatoms. The molecule has 0 heterocycles. The summed E-state index contributed by atoms with van der Waals surface area (Å²) in [6.07, 6.45) is 7.51. The normalized spacial score (nSPS) is 29.6. The minimum Gasteiger partial charge on any atom is -0.457 e. The van der Waals surface area contributed by atoms with Gasteiger partial charge in [-0.2, -0.15) is 0 Å². The summed E-state index contributed by atoms with van der Waals surface area (Å²) in [4.78, 5) is 11.7. The van der Waals surface area contributed by atoms with Gasteiger partial charge in [0, 0.05) is 12.0 Å². The van der Waals surface area contributed by atoms with Crippen LogP contribution in [0.25, 0.3) is 0 Å². The lowest BCUT2D eigenvalue weighted by atomic mass is 9.71. The Morgan fingerprint density at radius 2 is 2.18 bits per heavy atom. The summed E-state index contributed by atoms with van der Waals surface area (Å²) >= 11 is 0. The molecule has 0 saturated heterocycles. The maximum absolute atomic E-state index is 11.7. The largest absolute Gasteiger partial charge is 0.457 e. The zero-order valence-corrected chi connectivity index (χ0v) is 11.2. The van der Waals surface area contributed by atoms with Crippen molar-refractivity contribution in [2.75, 3.05) is 0 Å². The van der Waals surface area contributed by atoms with E-state index in [0.29, 0.717) is 5.92 Å². The van der Waals surface area contributed by atoms with Crippen molar-refractivity contribution in [3.05, 3.63) is 23.3 Å². The van der Waals surface area contributed by atoms with Gasteiger partial charge in [0.15, 0.2) is 0 Å². The Morgan fingerprint density at radius 1 is 1.47 bits per heavy atom. The highest BCUT2D eigenvalue weighted by atomic mass is 16.6. The minimum absolute atomic E-state index is 0.190. The predicted molar refractivity (Wildman–Crippen MR) is 68.5 cm³/mol. The molecule has 2 aliphatic carbocycles. The molecule has 0 amide bonds. The van der Waals surface area contributed by atoms with E-state index in [1.54, 1.807) is 11.6 Å². The first-order chi connectivity index (χ1) is 7.89. The highest BCUT2D eigenvalue weighted by Gasteiger charge is 2.39. The lowest BCUT2D eigenvalue weighted by Gasteiger charge is -2.33. The van der Waals surface area contributed by atoms with Gasteiger partial charge in [0.1, 0.15) is 5.60 Å². The molecule has 94 valence electrons. The quantitative estimate of drug-likeness (QED) is 0.414. The van der Waals surface area contributed by atoms with Gasteiger partial charge in [-0.1, -0.05) is 24.1 Å². The maximum Gasteiger partial charge on any atom is 0.331 e. The van der Waals surface area contributed by atoms with Gasteiger partial charge in [-0.25, -0.2) is 4.79 Å². The van der Waals surface area contributed by atoms with Crippen molar-refractivity contribution in [3.8, 4) is 0 Å². The summed E-state index contributed by atoms with van der Waals surface area (Å²) < 4.78 is 5.31. The molecular weight excluding hydrogens is 212 g/mol. The molecule has 0 aromatic heterocycles. The Kier molecular flexibility index (Phi) is 3.15. The van der Waals surface area contributed by atoms with Gasteiger partial charge >= 0.3 is 5.97 Å². The third kappa shape index (κ3) is 2.80. The standard InChI is InChI=1S/C15H22O2/c1-5-10-6-11-8-12(13(11)7-10)9-14(16)17-15(2,3)4/h7,9,11,13H,5-6,8H2,1-4H3. The maximum atomic E-state index is 11.7. The van der Waals surface area contributed by atoms with Crippen molar-refractivity contribution >= 4 is 5.97 Å². The van der Waals surface area contributed by atoms with Crippen LogP contribution in [0, 0.1) is 11.8 Å². The first-order valence-corrected chi connectivity index (χ1v) is 6.52. The van der Waals surface area contributed by atoms with Crippen molar-refractivity contribution in [1.29, 1.82) is 0 Å². The first kappa shape index (κ1) is 12.4. The molecule has 2 rings (SSSR count). The van der Waals surface area contributed by atoms with Gasteiger partial charge in [-0.15, -0.1) is 0 Å². The van der Waals surface area contributed by atoms with E-state index in [4.69, 9.17) is 4.74 Å². The van der Waals surface area contributed by atoms with Gasteiger partial charge in [0.2, 0.25) is 0 Å². The number of hydrogen-bond acceptors (Lipinski definition) is 2. The lowest BCUT2D eigenvalue weighted by molar-refractivity contribution is -0.148. The van der Waals surface area contributed by atoms with Crippen molar-refractivity contribution in [2.45, 2.75) is 52.6 Å². The summed E-state index contributed by atoms with van der Waals surface area (Å²) in [6.45, 7) is 7.90. The van der Waals surface area contributed by atoms with E-state index in [1.165, 1.54) is 12.0 Å². The molecule has 2 atom stereocenters. The average molecular weight is 234 g/mol. The molecule has 0 aliphatic heterocycles. The Labute approximate surface area is 104 Å². The highest BCUT2D eigenvalue weighted by molar-refractivity contribution is 5.83. The predicted octanol–water partition coefficient (Wildman–Crippen LogP) is 3.63. The van der Waals surface area contributed by atoms with E-state index in [-0.39, 0.29) is 5.97 Å². The number of esters is 1. The highest BCUT2D eigenvalue weighted by Crippen LogP contribution is 2.50. The van der Waals surface area contributed by atoms with E-state index in [9.17, 15) is 4.79 Å². The van der Waals surface area contributed by atoms with Gasteiger partial charge in [-0.3, -0.25) is 0 Å². The second-order valence-electron chi connectivity index (χ2n) is 6.13. The van der Waals surface area contributed by atoms with Gasteiger partial charge in [0.05, 0.1) is 0 Å². The summed E-state index contributed by atoms with van der Waals surface area (Å²) in [5, 5.41) is 0. The van der Waals surface area contributed by atoms with Crippen molar-refractivity contribution in [3.63, 3.8) is 0 Å². The van der Waals surface area contributed by atoms with Crippen LogP contribution in [0.1, 0.15) is 47.0 Å². The average Bonchev–Trinajstić information content (AvgIpc) is 2.49. The minimum atomic E-state index is -0.391. The van der Waals surface area contributed by atoms with Crippen LogP contribution in [0.3, 0.4) is 0 Å². The molecule has 17 heavy (non-hydrogen) atoms. The van der Waals surface area contributed by atoms with Crippen LogP contribution in [0.5, 0.6) is 0 Å². The summed E-state index contributed by atoms with van der Waals surface area (Å²) in [6, 6.07) is 0. The van der Waals surface area contributed by atoms with Crippen LogP contribution in [0.15, 0.2) is 23.3 Å². The van der Waals surface area contributed by atoms with Crippen LogP contribution in [-0.2, 0) is 9.53 Å². The fraction of sp³-hybridized carbons (Fsp3) is 0.667. The van der Waals surface area contributed by atoms with E-state index in [1.807, 2.05) is 20.8 Å². The van der Waals surface area contributed by atoms with Crippen molar-refractivity contribution in [1.82, 2.24) is 0 Å². The smallest absolute Gasteiger partial charge is 0.331 e. The summed E-state index contributed by atoms with van der Waals surface area (Å²) in [7, 11) is 0. The third-order valence-corrected chi connectivity index (χ3v) is 3.54. The Balaban J connectivity index is 1.97. The fourth-order valence-corrected chi connectivity index (χ4v) is 2.71. The zero-order chi connectivity index (χ0) is 12.6.